The number of benzene rings is 2. The summed E-state index contributed by atoms with van der Waals surface area (Å²) in [6, 6.07) is 12.6. The molecular formula is C25H29N3O3. The standard InChI is InChI=1S/C25H29N3O3/c1-2-6-25(30-18-12-10-17-11-13-24(29)27-21(17)15-18)28-14-4-3-8-22(28)19-7-5-9-23-20(19)16-26-31-23/h5,7,9-10,12,15-16,22,25H,2-4,6,8,11,13-14H2,1H3,(H,27,29). The molecule has 0 spiro atoms. The van der Waals surface area contributed by atoms with Crippen LogP contribution in [0.4, 0.5) is 5.69 Å². The van der Waals surface area contributed by atoms with E-state index in [-0.39, 0.29) is 18.2 Å². The first-order chi connectivity index (χ1) is 15.2. The molecule has 2 atom stereocenters. The van der Waals surface area contributed by atoms with E-state index in [1.165, 1.54) is 24.0 Å². The van der Waals surface area contributed by atoms with Crippen LogP contribution in [0.5, 0.6) is 5.75 Å². The molecule has 5 rings (SSSR count). The van der Waals surface area contributed by atoms with E-state index in [0.717, 1.165) is 54.6 Å². The van der Waals surface area contributed by atoms with E-state index in [1.807, 2.05) is 24.4 Å². The SMILES string of the molecule is CCCC(Oc1ccc2c(c1)NC(=O)CC2)N1CCCCC1c1cccc2oncc12. The molecule has 1 N–H and O–H groups in total. The maximum Gasteiger partial charge on any atom is 0.224 e. The molecule has 0 bridgehead atoms. The highest BCUT2D eigenvalue weighted by Gasteiger charge is 2.32. The number of carbonyl (C=O) groups is 1. The summed E-state index contributed by atoms with van der Waals surface area (Å²) < 4.78 is 12.0. The van der Waals surface area contributed by atoms with E-state index >= 15 is 0 Å². The number of carbonyl (C=O) groups excluding carboxylic acids is 1. The number of aromatic nitrogens is 1. The third kappa shape index (κ3) is 4.04. The first-order valence-corrected chi connectivity index (χ1v) is 11.4. The summed E-state index contributed by atoms with van der Waals surface area (Å²) in [5, 5.41) is 8.09. The molecule has 0 radical (unpaired) electrons. The number of aryl methyl sites for hydroxylation is 1. The Morgan fingerprint density at radius 3 is 3.10 bits per heavy atom. The fourth-order valence-corrected chi connectivity index (χ4v) is 4.96. The smallest absolute Gasteiger partial charge is 0.224 e. The second-order valence-corrected chi connectivity index (χ2v) is 8.56. The molecule has 3 aromatic rings. The van der Waals surface area contributed by atoms with Crippen molar-refractivity contribution in [2.24, 2.45) is 0 Å². The maximum absolute atomic E-state index is 11.8. The first kappa shape index (κ1) is 20.1. The van der Waals surface area contributed by atoms with Crippen molar-refractivity contribution in [1.82, 2.24) is 10.1 Å². The molecule has 2 aromatic carbocycles. The van der Waals surface area contributed by atoms with Gasteiger partial charge in [0.05, 0.1) is 6.20 Å². The van der Waals surface area contributed by atoms with Crippen LogP contribution in [0.2, 0.25) is 0 Å². The number of nitrogens with one attached hydrogen (secondary N) is 1. The van der Waals surface area contributed by atoms with E-state index in [1.54, 1.807) is 0 Å². The number of piperidine rings is 1. The van der Waals surface area contributed by atoms with Gasteiger partial charge < -0.3 is 14.6 Å². The third-order valence-electron chi connectivity index (χ3n) is 6.49. The Hall–Kier alpha value is -2.86. The van der Waals surface area contributed by atoms with Crippen LogP contribution in [-0.4, -0.2) is 28.7 Å². The minimum atomic E-state index is -0.0252. The van der Waals surface area contributed by atoms with Crippen LogP contribution < -0.4 is 10.1 Å². The molecule has 1 saturated heterocycles. The second kappa shape index (κ2) is 8.71. The van der Waals surface area contributed by atoms with Crippen LogP contribution >= 0.6 is 0 Å². The largest absolute Gasteiger partial charge is 0.475 e. The molecular weight excluding hydrogens is 390 g/mol. The van der Waals surface area contributed by atoms with Gasteiger partial charge in [0.1, 0.15) is 5.75 Å². The lowest BCUT2D eigenvalue weighted by Crippen LogP contribution is -2.44. The first-order valence-electron chi connectivity index (χ1n) is 11.4. The Labute approximate surface area is 182 Å². The van der Waals surface area contributed by atoms with Crippen LogP contribution in [0, 0.1) is 0 Å². The summed E-state index contributed by atoms with van der Waals surface area (Å²) in [5.74, 6) is 0.888. The Kier molecular flexibility index (Phi) is 5.64. The van der Waals surface area contributed by atoms with Crippen molar-refractivity contribution in [2.45, 2.75) is 64.1 Å². The van der Waals surface area contributed by atoms with Crippen molar-refractivity contribution in [1.29, 1.82) is 0 Å². The number of amides is 1. The zero-order chi connectivity index (χ0) is 21.2. The quantitative estimate of drug-likeness (QED) is 0.576. The number of nitrogens with zero attached hydrogens (tertiary/aromatic N) is 2. The molecule has 31 heavy (non-hydrogen) atoms. The Morgan fingerprint density at radius 2 is 2.19 bits per heavy atom. The van der Waals surface area contributed by atoms with Gasteiger partial charge in [-0.25, -0.2) is 0 Å². The molecule has 1 amide bonds. The lowest BCUT2D eigenvalue weighted by Gasteiger charge is -2.41. The summed E-state index contributed by atoms with van der Waals surface area (Å²) in [4.78, 5) is 14.3. The number of likely N-dealkylation sites (tertiary alicyclic amines) is 1. The molecule has 6 nitrogen and oxygen atoms in total. The van der Waals surface area contributed by atoms with Crippen LogP contribution in [0.3, 0.4) is 0 Å². The fourth-order valence-electron chi connectivity index (χ4n) is 4.96. The number of anilines is 1. The van der Waals surface area contributed by atoms with Crippen LogP contribution in [0.1, 0.15) is 62.6 Å². The molecule has 2 aliphatic rings. The number of fused-ring (bicyclic) bond motifs is 2. The van der Waals surface area contributed by atoms with Gasteiger partial charge in [0.2, 0.25) is 5.91 Å². The topological polar surface area (TPSA) is 67.6 Å². The molecule has 1 aromatic heterocycles. The Morgan fingerprint density at radius 1 is 1.26 bits per heavy atom. The maximum atomic E-state index is 11.8. The lowest BCUT2D eigenvalue weighted by molar-refractivity contribution is -0.116. The van der Waals surface area contributed by atoms with Gasteiger partial charge in [-0.2, -0.15) is 0 Å². The highest BCUT2D eigenvalue weighted by atomic mass is 16.5. The van der Waals surface area contributed by atoms with E-state index < -0.39 is 0 Å². The van der Waals surface area contributed by atoms with Gasteiger partial charge in [-0.15, -0.1) is 0 Å². The van der Waals surface area contributed by atoms with Gasteiger partial charge >= 0.3 is 0 Å². The third-order valence-corrected chi connectivity index (χ3v) is 6.49. The number of rotatable bonds is 6. The molecule has 162 valence electrons. The highest BCUT2D eigenvalue weighted by Crippen LogP contribution is 2.38. The van der Waals surface area contributed by atoms with Gasteiger partial charge in [-0.1, -0.05) is 43.1 Å². The minimum absolute atomic E-state index is 0.0252. The average molecular weight is 420 g/mol. The Bertz CT molecular complexity index is 1080. The van der Waals surface area contributed by atoms with Crippen molar-refractivity contribution in [3.8, 4) is 5.75 Å². The molecule has 2 aliphatic heterocycles. The number of hydrogen-bond donors (Lipinski definition) is 1. The molecule has 6 heteroatoms. The van der Waals surface area contributed by atoms with Gasteiger partial charge in [0.25, 0.3) is 0 Å². The monoisotopic (exact) mass is 419 g/mol. The van der Waals surface area contributed by atoms with Crippen molar-refractivity contribution >= 4 is 22.6 Å². The molecule has 3 heterocycles. The van der Waals surface area contributed by atoms with E-state index in [4.69, 9.17) is 9.26 Å². The van der Waals surface area contributed by atoms with Crippen molar-refractivity contribution in [3.63, 3.8) is 0 Å². The number of hydrogen-bond acceptors (Lipinski definition) is 5. The predicted octanol–water partition coefficient (Wildman–Crippen LogP) is 5.44. The van der Waals surface area contributed by atoms with Crippen LogP contribution in [0.25, 0.3) is 11.0 Å². The van der Waals surface area contributed by atoms with Gasteiger partial charge in [0.15, 0.2) is 11.8 Å². The molecule has 2 unspecified atom stereocenters. The van der Waals surface area contributed by atoms with E-state index in [2.05, 4.69) is 40.5 Å². The molecule has 0 aliphatic carbocycles. The van der Waals surface area contributed by atoms with Gasteiger partial charge in [-0.3, -0.25) is 9.69 Å². The number of ether oxygens (including phenoxy) is 1. The summed E-state index contributed by atoms with van der Waals surface area (Å²) in [7, 11) is 0. The highest BCUT2D eigenvalue weighted by molar-refractivity contribution is 5.94. The summed E-state index contributed by atoms with van der Waals surface area (Å²) in [6.45, 7) is 3.20. The fraction of sp³-hybridized carbons (Fsp3) is 0.440. The van der Waals surface area contributed by atoms with Crippen LogP contribution in [0.15, 0.2) is 47.1 Å². The predicted molar refractivity (Wildman–Crippen MR) is 120 cm³/mol. The summed E-state index contributed by atoms with van der Waals surface area (Å²) in [6.07, 6.45) is 8.58. The van der Waals surface area contributed by atoms with Crippen LogP contribution in [-0.2, 0) is 11.2 Å². The zero-order valence-corrected chi connectivity index (χ0v) is 18.0. The van der Waals surface area contributed by atoms with E-state index in [9.17, 15) is 4.79 Å². The van der Waals surface area contributed by atoms with Crippen molar-refractivity contribution in [3.05, 3.63) is 53.7 Å². The molecule has 1 fully saturated rings. The van der Waals surface area contributed by atoms with E-state index in [0.29, 0.717) is 6.42 Å². The Balaban J connectivity index is 1.44. The zero-order valence-electron chi connectivity index (χ0n) is 18.0. The summed E-state index contributed by atoms with van der Waals surface area (Å²) >= 11 is 0. The lowest BCUT2D eigenvalue weighted by atomic mass is 9.92. The minimum Gasteiger partial charge on any atom is -0.475 e. The van der Waals surface area contributed by atoms with Crippen molar-refractivity contribution in [2.75, 3.05) is 11.9 Å². The van der Waals surface area contributed by atoms with Gasteiger partial charge in [-0.05, 0) is 48.9 Å². The molecule has 0 saturated carbocycles. The van der Waals surface area contributed by atoms with Gasteiger partial charge in [0, 0.05) is 36.1 Å². The summed E-state index contributed by atoms with van der Waals surface area (Å²) in [5.41, 5.74) is 4.16. The average Bonchev–Trinajstić information content (AvgIpc) is 3.28. The second-order valence-electron chi connectivity index (χ2n) is 8.56. The normalized spacial score (nSPS) is 20.3. The van der Waals surface area contributed by atoms with Crippen molar-refractivity contribution < 1.29 is 14.1 Å².